The number of aryl methyl sites for hydroxylation is 1. The molecule has 0 saturated heterocycles. The maximum Gasteiger partial charge on any atom is 0.273 e. The van der Waals surface area contributed by atoms with Gasteiger partial charge in [0.2, 0.25) is 5.13 Å². The summed E-state index contributed by atoms with van der Waals surface area (Å²) in [5.41, 5.74) is 0.820. The van der Waals surface area contributed by atoms with Gasteiger partial charge in [-0.3, -0.25) is 14.9 Å². The van der Waals surface area contributed by atoms with Gasteiger partial charge in [0.05, 0.1) is 0 Å². The molecule has 0 aliphatic heterocycles. The van der Waals surface area contributed by atoms with Gasteiger partial charge in [-0.1, -0.05) is 31.1 Å². The van der Waals surface area contributed by atoms with Crippen LogP contribution < -0.4 is 5.32 Å². The Morgan fingerprint density at radius 1 is 1.33 bits per heavy atom. The molecule has 0 radical (unpaired) electrons. The number of nitrogens with one attached hydrogen (secondary N) is 2. The number of amides is 1. The molecule has 0 aliphatic rings. The molecule has 21 heavy (non-hydrogen) atoms. The van der Waals surface area contributed by atoms with Crippen molar-refractivity contribution >= 4 is 28.2 Å². The van der Waals surface area contributed by atoms with Crippen LogP contribution in [0.1, 0.15) is 59.0 Å². The number of unbranched alkanes of at least 4 members (excludes halogenated alkanes) is 2. The number of hydrogen-bond donors (Lipinski definition) is 2. The predicted octanol–water partition coefficient (Wildman–Crippen LogP) is 3.05. The van der Waals surface area contributed by atoms with Gasteiger partial charge in [0, 0.05) is 18.2 Å². The molecule has 2 heterocycles. The van der Waals surface area contributed by atoms with E-state index in [9.17, 15) is 9.59 Å². The Morgan fingerprint density at radius 2 is 2.14 bits per heavy atom. The predicted molar refractivity (Wildman–Crippen MR) is 81.9 cm³/mol. The lowest BCUT2D eigenvalue weighted by molar-refractivity contribution is 0.101. The number of nitrogens with zero attached hydrogens (tertiary/aromatic N) is 2. The maximum atomic E-state index is 12.0. The second kappa shape index (κ2) is 7.12. The molecule has 6 nitrogen and oxygen atoms in total. The first-order valence-corrected chi connectivity index (χ1v) is 7.75. The Balaban J connectivity index is 1.94. The van der Waals surface area contributed by atoms with Crippen molar-refractivity contribution in [2.75, 3.05) is 5.32 Å². The molecule has 7 heteroatoms. The molecule has 2 N–H and O–H groups in total. The summed E-state index contributed by atoms with van der Waals surface area (Å²) in [4.78, 5) is 26.0. The van der Waals surface area contributed by atoms with Crippen molar-refractivity contribution in [2.24, 2.45) is 0 Å². The lowest BCUT2D eigenvalue weighted by Gasteiger charge is -1.97. The Morgan fingerprint density at radius 3 is 2.81 bits per heavy atom. The summed E-state index contributed by atoms with van der Waals surface area (Å²) in [7, 11) is 0. The normalized spacial score (nSPS) is 10.6. The number of aromatic nitrogens is 3. The van der Waals surface area contributed by atoms with E-state index < -0.39 is 0 Å². The minimum absolute atomic E-state index is 0.0839. The molecule has 2 aromatic rings. The van der Waals surface area contributed by atoms with Crippen molar-refractivity contribution in [1.29, 1.82) is 0 Å². The van der Waals surface area contributed by atoms with Crippen molar-refractivity contribution < 1.29 is 9.59 Å². The number of rotatable bonds is 7. The van der Waals surface area contributed by atoms with Crippen LogP contribution in [-0.2, 0) is 6.42 Å². The van der Waals surface area contributed by atoms with Gasteiger partial charge in [0.1, 0.15) is 10.7 Å². The largest absolute Gasteiger partial charge is 0.356 e. The van der Waals surface area contributed by atoms with E-state index in [2.05, 4.69) is 27.4 Å². The first-order chi connectivity index (χ1) is 10.1. The van der Waals surface area contributed by atoms with Gasteiger partial charge in [0.25, 0.3) is 5.91 Å². The van der Waals surface area contributed by atoms with E-state index in [0.29, 0.717) is 16.4 Å². The highest BCUT2D eigenvalue weighted by Crippen LogP contribution is 2.18. The first-order valence-electron chi connectivity index (χ1n) is 6.93. The highest BCUT2D eigenvalue weighted by molar-refractivity contribution is 7.15. The standard InChI is InChI=1S/C14H18N4O2S/c1-3-4-5-6-12-17-18-14(21-12)16-13(20)11-7-10(8-15-11)9(2)19/h7-8,15H,3-6H2,1-2H3,(H,16,18,20). The van der Waals surface area contributed by atoms with Crippen molar-refractivity contribution in [3.8, 4) is 0 Å². The van der Waals surface area contributed by atoms with Crippen LogP contribution in [0.25, 0.3) is 0 Å². The molecule has 0 unspecified atom stereocenters. The van der Waals surface area contributed by atoms with Gasteiger partial charge in [-0.25, -0.2) is 0 Å². The number of Topliss-reactive ketones (excluding diaryl/α,β-unsaturated/α-hetero) is 1. The molecule has 0 atom stereocenters. The van der Waals surface area contributed by atoms with Gasteiger partial charge in [-0.2, -0.15) is 0 Å². The van der Waals surface area contributed by atoms with Crippen LogP contribution in [0.5, 0.6) is 0 Å². The van der Waals surface area contributed by atoms with Crippen LogP contribution in [0.15, 0.2) is 12.3 Å². The zero-order valence-electron chi connectivity index (χ0n) is 12.1. The minimum Gasteiger partial charge on any atom is -0.356 e. The van der Waals surface area contributed by atoms with Crippen LogP contribution in [0.3, 0.4) is 0 Å². The molecular weight excluding hydrogens is 288 g/mol. The van der Waals surface area contributed by atoms with Crippen molar-refractivity contribution in [3.63, 3.8) is 0 Å². The van der Waals surface area contributed by atoms with Crippen LogP contribution in [0.4, 0.5) is 5.13 Å². The summed E-state index contributed by atoms with van der Waals surface area (Å²) >= 11 is 1.38. The quantitative estimate of drug-likeness (QED) is 0.608. The molecule has 0 fully saturated rings. The maximum absolute atomic E-state index is 12.0. The molecule has 2 rings (SSSR count). The monoisotopic (exact) mass is 306 g/mol. The molecule has 112 valence electrons. The van der Waals surface area contributed by atoms with E-state index in [1.807, 2.05) is 0 Å². The number of carbonyl (C=O) groups excluding carboxylic acids is 2. The number of carbonyl (C=O) groups is 2. The highest BCUT2D eigenvalue weighted by atomic mass is 32.1. The fourth-order valence-corrected chi connectivity index (χ4v) is 2.60. The molecule has 0 spiro atoms. The zero-order valence-corrected chi connectivity index (χ0v) is 12.9. The second-order valence-corrected chi connectivity index (χ2v) is 5.83. The minimum atomic E-state index is -0.321. The molecule has 1 amide bonds. The lowest BCUT2D eigenvalue weighted by Crippen LogP contribution is -2.11. The van der Waals surface area contributed by atoms with Crippen LogP contribution in [0, 0.1) is 0 Å². The number of H-pyrrole nitrogens is 1. The topological polar surface area (TPSA) is 87.7 Å². The summed E-state index contributed by atoms with van der Waals surface area (Å²) < 4.78 is 0. The summed E-state index contributed by atoms with van der Waals surface area (Å²) in [5, 5.41) is 12.1. The molecule has 0 saturated carbocycles. The number of anilines is 1. The van der Waals surface area contributed by atoms with E-state index >= 15 is 0 Å². The van der Waals surface area contributed by atoms with Gasteiger partial charge in [0.15, 0.2) is 5.78 Å². The van der Waals surface area contributed by atoms with E-state index in [1.165, 1.54) is 30.5 Å². The summed E-state index contributed by atoms with van der Waals surface area (Å²) in [5.74, 6) is -0.404. The van der Waals surface area contributed by atoms with Crippen LogP contribution in [-0.4, -0.2) is 26.9 Å². The van der Waals surface area contributed by atoms with Gasteiger partial charge in [-0.05, 0) is 19.4 Å². The average molecular weight is 306 g/mol. The number of aromatic amines is 1. The molecule has 0 aromatic carbocycles. The Kier molecular flexibility index (Phi) is 5.21. The lowest BCUT2D eigenvalue weighted by atomic mass is 10.2. The average Bonchev–Trinajstić information content (AvgIpc) is 3.08. The van der Waals surface area contributed by atoms with Gasteiger partial charge in [-0.15, -0.1) is 10.2 Å². The van der Waals surface area contributed by atoms with E-state index in [1.54, 1.807) is 0 Å². The van der Waals surface area contributed by atoms with Crippen LogP contribution in [0.2, 0.25) is 0 Å². The van der Waals surface area contributed by atoms with Gasteiger partial charge < -0.3 is 4.98 Å². The van der Waals surface area contributed by atoms with Crippen molar-refractivity contribution in [1.82, 2.24) is 15.2 Å². The zero-order chi connectivity index (χ0) is 15.2. The summed E-state index contributed by atoms with van der Waals surface area (Å²) in [6.45, 7) is 3.61. The van der Waals surface area contributed by atoms with Crippen molar-refractivity contribution in [3.05, 3.63) is 28.5 Å². The Bertz CT molecular complexity index is 632. The molecule has 0 bridgehead atoms. The highest BCUT2D eigenvalue weighted by Gasteiger charge is 2.13. The summed E-state index contributed by atoms with van der Waals surface area (Å²) in [6, 6.07) is 1.53. The third kappa shape index (κ3) is 4.22. The fourth-order valence-electron chi connectivity index (χ4n) is 1.82. The molecule has 2 aromatic heterocycles. The molecular formula is C14H18N4O2S. The van der Waals surface area contributed by atoms with E-state index in [0.717, 1.165) is 30.7 Å². The van der Waals surface area contributed by atoms with Crippen molar-refractivity contribution in [2.45, 2.75) is 39.5 Å². The number of ketones is 1. The number of hydrogen-bond acceptors (Lipinski definition) is 5. The van der Waals surface area contributed by atoms with Crippen LogP contribution >= 0.6 is 11.3 Å². The Labute approximate surface area is 127 Å². The Hall–Kier alpha value is -2.02. The SMILES string of the molecule is CCCCCc1nnc(NC(=O)c2cc(C(C)=O)c[nH]2)s1. The van der Waals surface area contributed by atoms with Gasteiger partial charge >= 0.3 is 0 Å². The smallest absolute Gasteiger partial charge is 0.273 e. The third-order valence-corrected chi connectivity index (χ3v) is 3.91. The third-order valence-electron chi connectivity index (χ3n) is 3.02. The van der Waals surface area contributed by atoms with E-state index in [-0.39, 0.29) is 11.7 Å². The second-order valence-electron chi connectivity index (χ2n) is 4.77. The van der Waals surface area contributed by atoms with E-state index in [4.69, 9.17) is 0 Å². The summed E-state index contributed by atoms with van der Waals surface area (Å²) in [6.07, 6.45) is 5.81. The first kappa shape index (κ1) is 15.4. The molecule has 0 aliphatic carbocycles. The fraction of sp³-hybridized carbons (Fsp3) is 0.429.